The number of nitrogens with zero attached hydrogens (tertiary/aromatic N) is 2. The molecule has 0 aliphatic rings. The highest BCUT2D eigenvalue weighted by Crippen LogP contribution is 2.54. The molecule has 0 amide bonds. The number of furan rings is 2. The van der Waals surface area contributed by atoms with Crippen molar-refractivity contribution in [3.8, 4) is 0 Å². The monoisotopic (exact) mass is 972 g/mol. The highest BCUT2D eigenvalue weighted by atomic mass is 32.1. The van der Waals surface area contributed by atoms with E-state index in [0.717, 1.165) is 78.0 Å². The zero-order valence-electron chi connectivity index (χ0n) is 42.3. The lowest BCUT2D eigenvalue weighted by atomic mass is 9.80. The Bertz CT molecular complexity index is 4270. The Kier molecular flexibility index (Phi) is 9.94. The minimum absolute atomic E-state index is 0.122. The molecule has 0 spiro atoms. The summed E-state index contributed by atoms with van der Waals surface area (Å²) < 4.78 is 19.0. The van der Waals surface area contributed by atoms with E-state index in [1.54, 1.807) is 0 Å². The normalized spacial score (nSPS) is 12.8. The number of anilines is 6. The fourth-order valence-electron chi connectivity index (χ4n) is 10.8. The van der Waals surface area contributed by atoms with Gasteiger partial charge >= 0.3 is 0 Å². The van der Waals surface area contributed by atoms with E-state index in [1.165, 1.54) is 57.0 Å². The topological polar surface area (TPSA) is 32.8 Å². The van der Waals surface area contributed by atoms with Gasteiger partial charge in [-0.1, -0.05) is 159 Å². The van der Waals surface area contributed by atoms with Gasteiger partial charge in [0.25, 0.3) is 0 Å². The molecule has 9 aromatic carbocycles. The van der Waals surface area contributed by atoms with Crippen molar-refractivity contribution in [2.45, 2.75) is 78.6 Å². The van der Waals surface area contributed by atoms with Gasteiger partial charge in [0.2, 0.25) is 0 Å². The van der Waals surface area contributed by atoms with E-state index < -0.39 is 0 Å². The van der Waals surface area contributed by atoms with Crippen molar-refractivity contribution in [3.05, 3.63) is 193 Å². The van der Waals surface area contributed by atoms with E-state index in [2.05, 4.69) is 248 Å². The van der Waals surface area contributed by atoms with Gasteiger partial charge in [-0.25, -0.2) is 0 Å². The first-order chi connectivity index (χ1) is 34.6. The number of para-hydroxylation sites is 3. The molecule has 0 atom stereocenters. The number of fused-ring (bicyclic) bond motifs is 14. The van der Waals surface area contributed by atoms with E-state index in [-0.39, 0.29) is 16.2 Å². The average Bonchev–Trinajstić information content (AvgIpc) is 4.14. The standard InChI is InChI=1S/C66H56N2O2S2/c1-64(2,3)39-31-40(65(4,5)6)33-43(32-39)68(51-37-54-58(46-23-13-17-27-52(46)69-54)61-49-26-16-20-30-56(49)72-63(51)61)45-35-41(66(7,8)9)34-44(36-45)67(42-21-11-10-12-22-42)50-38-57-59(48-25-15-19-29-55(48)71-57)60-47-24-14-18-28-53(47)70-62(50)60/h10-38H,1-9H3. The summed E-state index contributed by atoms with van der Waals surface area (Å²) in [6, 6.07) is 64.8. The highest BCUT2D eigenvalue weighted by molar-refractivity contribution is 7.27. The maximum atomic E-state index is 7.12. The third-order valence-corrected chi connectivity index (χ3v) is 16.9. The minimum Gasteiger partial charge on any atom is -0.456 e. The van der Waals surface area contributed by atoms with Gasteiger partial charge in [0, 0.05) is 86.0 Å². The van der Waals surface area contributed by atoms with Gasteiger partial charge in [-0.2, -0.15) is 0 Å². The first-order valence-corrected chi connectivity index (χ1v) is 26.7. The van der Waals surface area contributed by atoms with Crippen molar-refractivity contribution in [2.24, 2.45) is 0 Å². The molecule has 0 saturated carbocycles. The lowest BCUT2D eigenvalue weighted by molar-refractivity contribution is 0.569. The first-order valence-electron chi connectivity index (χ1n) is 25.1. The summed E-state index contributed by atoms with van der Waals surface area (Å²) in [5, 5.41) is 9.50. The molecule has 4 nitrogen and oxygen atoms in total. The SMILES string of the molecule is CC(C)(C)c1cc(N(c2ccccc2)c2cc3sc4ccccc4c3c3c2oc2ccccc23)cc(N(c2cc(C(C)(C)C)cc(C(C)(C)C)c2)c2cc3oc4ccccc4c3c3c2sc2ccccc23)c1. The van der Waals surface area contributed by atoms with Crippen LogP contribution in [-0.4, -0.2) is 0 Å². The van der Waals surface area contributed by atoms with Gasteiger partial charge < -0.3 is 18.6 Å². The Morgan fingerprint density at radius 1 is 0.333 bits per heavy atom. The molecule has 4 aromatic heterocycles. The Hall–Kier alpha value is -7.38. The molecule has 0 N–H and O–H groups in total. The van der Waals surface area contributed by atoms with Crippen LogP contribution in [0, 0.1) is 0 Å². The number of hydrogen-bond acceptors (Lipinski definition) is 6. The van der Waals surface area contributed by atoms with E-state index in [1.807, 2.05) is 22.7 Å². The van der Waals surface area contributed by atoms with Crippen LogP contribution in [0.5, 0.6) is 0 Å². The number of benzene rings is 9. The van der Waals surface area contributed by atoms with Crippen molar-refractivity contribution in [1.29, 1.82) is 0 Å². The van der Waals surface area contributed by atoms with Crippen LogP contribution in [-0.2, 0) is 16.2 Å². The van der Waals surface area contributed by atoms with Crippen LogP contribution >= 0.6 is 22.7 Å². The smallest absolute Gasteiger partial charge is 0.160 e. The van der Waals surface area contributed by atoms with Gasteiger partial charge in [-0.3, -0.25) is 0 Å². The van der Waals surface area contributed by atoms with Crippen molar-refractivity contribution < 1.29 is 8.83 Å². The molecular weight excluding hydrogens is 917 g/mol. The Balaban J connectivity index is 1.17. The highest BCUT2D eigenvalue weighted by Gasteiger charge is 2.31. The first kappa shape index (κ1) is 44.6. The van der Waals surface area contributed by atoms with Crippen LogP contribution in [0.3, 0.4) is 0 Å². The third-order valence-electron chi connectivity index (χ3n) is 14.6. The van der Waals surface area contributed by atoms with Crippen molar-refractivity contribution in [2.75, 3.05) is 9.80 Å². The van der Waals surface area contributed by atoms with Crippen LogP contribution < -0.4 is 9.80 Å². The van der Waals surface area contributed by atoms with Crippen molar-refractivity contribution in [3.63, 3.8) is 0 Å². The zero-order chi connectivity index (χ0) is 49.4. The van der Waals surface area contributed by atoms with E-state index >= 15 is 0 Å². The molecule has 13 aromatic rings. The third kappa shape index (κ3) is 7.13. The fourth-order valence-corrected chi connectivity index (χ4v) is 13.2. The summed E-state index contributed by atoms with van der Waals surface area (Å²) in [4.78, 5) is 4.98. The number of rotatable bonds is 6. The second kappa shape index (κ2) is 16.1. The summed E-state index contributed by atoms with van der Waals surface area (Å²) in [6.07, 6.45) is 0. The lowest BCUT2D eigenvalue weighted by Crippen LogP contribution is -2.20. The van der Waals surface area contributed by atoms with Crippen LogP contribution in [0.25, 0.3) is 84.2 Å². The second-order valence-corrected chi connectivity index (χ2v) is 24.7. The molecule has 72 heavy (non-hydrogen) atoms. The molecule has 0 aliphatic heterocycles. The fraction of sp³-hybridized carbons (Fsp3) is 0.182. The van der Waals surface area contributed by atoms with Crippen LogP contribution in [0.2, 0.25) is 0 Å². The predicted molar refractivity (Wildman–Crippen MR) is 312 cm³/mol. The molecule has 0 unspecified atom stereocenters. The molecule has 6 heteroatoms. The molecule has 0 radical (unpaired) electrons. The van der Waals surface area contributed by atoms with Crippen LogP contribution in [0.1, 0.15) is 79.0 Å². The Morgan fingerprint density at radius 3 is 1.42 bits per heavy atom. The largest absolute Gasteiger partial charge is 0.456 e. The van der Waals surface area contributed by atoms with Gasteiger partial charge in [0.1, 0.15) is 16.7 Å². The summed E-state index contributed by atoms with van der Waals surface area (Å²) in [7, 11) is 0. The molecule has 4 heterocycles. The molecule has 0 aliphatic carbocycles. The quantitative estimate of drug-likeness (QED) is 0.166. The Morgan fingerprint density at radius 2 is 0.806 bits per heavy atom. The van der Waals surface area contributed by atoms with Crippen LogP contribution in [0.4, 0.5) is 34.1 Å². The molecule has 354 valence electrons. The summed E-state index contributed by atoms with van der Waals surface area (Å²) in [6.45, 7) is 21.0. The van der Waals surface area contributed by atoms with E-state index in [9.17, 15) is 0 Å². The molecule has 0 fully saturated rings. The molecular formula is C66H56N2O2S2. The minimum atomic E-state index is -0.234. The average molecular weight is 973 g/mol. The zero-order valence-corrected chi connectivity index (χ0v) is 43.9. The second-order valence-electron chi connectivity index (χ2n) is 22.6. The summed E-state index contributed by atoms with van der Waals surface area (Å²) >= 11 is 3.71. The van der Waals surface area contributed by atoms with Crippen LogP contribution in [0.15, 0.2) is 185 Å². The number of thiophene rings is 2. The van der Waals surface area contributed by atoms with Crippen molar-refractivity contribution in [1.82, 2.24) is 0 Å². The maximum absolute atomic E-state index is 7.12. The van der Waals surface area contributed by atoms with Crippen molar-refractivity contribution >= 4 is 141 Å². The summed E-state index contributed by atoms with van der Waals surface area (Å²) in [5.74, 6) is 0. The number of hydrogen-bond donors (Lipinski definition) is 0. The molecule has 0 saturated heterocycles. The van der Waals surface area contributed by atoms with E-state index in [0.29, 0.717) is 0 Å². The molecule has 13 rings (SSSR count). The van der Waals surface area contributed by atoms with Gasteiger partial charge in [-0.05, 0) is 106 Å². The Labute approximate surface area is 428 Å². The van der Waals surface area contributed by atoms with E-state index in [4.69, 9.17) is 8.83 Å². The summed E-state index contributed by atoms with van der Waals surface area (Å²) in [5.41, 5.74) is 13.1. The van der Waals surface area contributed by atoms with Gasteiger partial charge in [-0.15, -0.1) is 22.7 Å². The van der Waals surface area contributed by atoms with Gasteiger partial charge in [0.15, 0.2) is 5.58 Å². The maximum Gasteiger partial charge on any atom is 0.160 e. The van der Waals surface area contributed by atoms with Gasteiger partial charge in [0.05, 0.1) is 16.1 Å². The predicted octanol–water partition coefficient (Wildman–Crippen LogP) is 21.1. The molecule has 0 bridgehead atoms. The lowest BCUT2D eigenvalue weighted by Gasteiger charge is -2.34.